The molecule has 0 heterocycles. The highest BCUT2D eigenvalue weighted by Gasteiger charge is 2.11. The molecule has 0 aliphatic heterocycles. The van der Waals surface area contributed by atoms with Crippen LogP contribution in [-0.2, 0) is 10.1 Å². The van der Waals surface area contributed by atoms with Crippen LogP contribution in [0.25, 0.3) is 0 Å². The number of benzene rings is 1. The fourth-order valence-corrected chi connectivity index (χ4v) is 1.38. The van der Waals surface area contributed by atoms with Crippen LogP contribution in [0.3, 0.4) is 0 Å². The van der Waals surface area contributed by atoms with Gasteiger partial charge >= 0.3 is 10.1 Å². The van der Waals surface area contributed by atoms with E-state index in [4.69, 9.17) is 5.73 Å². The highest BCUT2D eigenvalue weighted by Crippen LogP contribution is 2.17. The topological polar surface area (TPSA) is 86.5 Å². The van der Waals surface area contributed by atoms with Crippen molar-refractivity contribution >= 4 is 16.0 Å². The summed E-state index contributed by atoms with van der Waals surface area (Å²) < 4.78 is 38.9. The molecule has 15 heavy (non-hydrogen) atoms. The van der Waals surface area contributed by atoms with Crippen LogP contribution in [0.4, 0.5) is 4.39 Å². The lowest BCUT2D eigenvalue weighted by atomic mass is 10.2. The summed E-state index contributed by atoms with van der Waals surface area (Å²) in [7, 11) is -3.71. The molecule has 0 aliphatic rings. The average Bonchev–Trinajstić information content (AvgIpc) is 1.99. The maximum absolute atomic E-state index is 13.1. The van der Waals surface area contributed by atoms with Crippen molar-refractivity contribution in [3.63, 3.8) is 0 Å². The number of hydrogen-bond acceptors (Lipinski definition) is 4. The van der Waals surface area contributed by atoms with Crippen molar-refractivity contribution in [1.29, 1.82) is 0 Å². The van der Waals surface area contributed by atoms with Gasteiger partial charge < -0.3 is 9.92 Å². The zero-order valence-electron chi connectivity index (χ0n) is 7.73. The van der Waals surface area contributed by atoms with Crippen LogP contribution in [0.5, 0.6) is 5.75 Å². The Bertz CT molecular complexity index is 497. The second-order valence-corrected chi connectivity index (χ2v) is 4.37. The molecule has 0 aromatic heterocycles. The second kappa shape index (κ2) is 3.85. The Morgan fingerprint density at radius 3 is 2.47 bits per heavy atom. The van der Waals surface area contributed by atoms with E-state index in [0.717, 1.165) is 24.5 Å². The van der Waals surface area contributed by atoms with Crippen molar-refractivity contribution in [2.24, 2.45) is 5.73 Å². The largest absolute Gasteiger partial charge is 0.382 e. The molecule has 1 aromatic carbocycles. The Hall–Kier alpha value is -1.63. The quantitative estimate of drug-likeness (QED) is 0.759. The van der Waals surface area contributed by atoms with Gasteiger partial charge in [0.2, 0.25) is 0 Å². The first-order chi connectivity index (χ1) is 6.79. The van der Waals surface area contributed by atoms with Crippen molar-refractivity contribution < 1.29 is 21.8 Å². The summed E-state index contributed by atoms with van der Waals surface area (Å²) in [5, 5.41) is 0. The van der Waals surface area contributed by atoms with Crippen molar-refractivity contribution in [3.05, 3.63) is 29.6 Å². The molecule has 0 atom stereocenters. The molecule has 5 nitrogen and oxygen atoms in total. The Balaban J connectivity index is 3.07. The van der Waals surface area contributed by atoms with Crippen molar-refractivity contribution in [1.82, 2.24) is 0 Å². The zero-order chi connectivity index (χ0) is 11.6. The summed E-state index contributed by atoms with van der Waals surface area (Å²) in [6, 6.07) is 2.98. The fraction of sp³-hybridized carbons (Fsp3) is 0.125. The molecule has 0 spiro atoms. The lowest BCUT2D eigenvalue weighted by Gasteiger charge is -2.04. The number of rotatable bonds is 3. The van der Waals surface area contributed by atoms with E-state index in [2.05, 4.69) is 4.18 Å². The predicted molar refractivity (Wildman–Crippen MR) is 50.4 cm³/mol. The minimum Gasteiger partial charge on any atom is -0.382 e. The molecular weight excluding hydrogens is 225 g/mol. The van der Waals surface area contributed by atoms with Crippen LogP contribution in [0.15, 0.2) is 18.2 Å². The molecule has 0 radical (unpaired) electrons. The molecule has 7 heteroatoms. The van der Waals surface area contributed by atoms with Crippen LogP contribution in [0.1, 0.15) is 10.4 Å². The molecule has 1 amide bonds. The molecule has 0 bridgehead atoms. The fourth-order valence-electron chi connectivity index (χ4n) is 0.922. The normalized spacial score (nSPS) is 11.1. The summed E-state index contributed by atoms with van der Waals surface area (Å²) in [5.41, 5.74) is 4.53. The zero-order valence-corrected chi connectivity index (χ0v) is 8.55. The Morgan fingerprint density at radius 2 is 2.07 bits per heavy atom. The number of amides is 1. The third-order valence-corrected chi connectivity index (χ3v) is 1.95. The number of nitrogens with two attached hydrogens (primary N) is 1. The molecule has 0 unspecified atom stereocenters. The standard InChI is InChI=1S/C8H8FNO4S/c1-15(12,13)14-5-2-3-6(8(10)11)7(9)4-5/h2-4H,1H3,(H2,10,11). The minimum atomic E-state index is -3.71. The minimum absolute atomic E-state index is 0.208. The van der Waals surface area contributed by atoms with Crippen LogP contribution >= 0.6 is 0 Å². The maximum Gasteiger partial charge on any atom is 0.306 e. The number of hydrogen-bond donors (Lipinski definition) is 1. The van der Waals surface area contributed by atoms with Gasteiger partial charge in [0.1, 0.15) is 11.6 Å². The van der Waals surface area contributed by atoms with E-state index in [0.29, 0.717) is 0 Å². The molecular formula is C8H8FNO4S. The number of carbonyl (C=O) groups is 1. The van der Waals surface area contributed by atoms with Gasteiger partial charge in [0.05, 0.1) is 11.8 Å². The molecule has 0 aliphatic carbocycles. The van der Waals surface area contributed by atoms with E-state index in [9.17, 15) is 17.6 Å². The van der Waals surface area contributed by atoms with Gasteiger partial charge in [-0.15, -0.1) is 0 Å². The van der Waals surface area contributed by atoms with E-state index in [1.165, 1.54) is 0 Å². The number of halogens is 1. The van der Waals surface area contributed by atoms with E-state index in [1.807, 2.05) is 0 Å². The Labute approximate surface area is 85.8 Å². The summed E-state index contributed by atoms with van der Waals surface area (Å²) >= 11 is 0. The van der Waals surface area contributed by atoms with Gasteiger partial charge in [0.15, 0.2) is 0 Å². The summed E-state index contributed by atoms with van der Waals surface area (Å²) in [6.45, 7) is 0. The highest BCUT2D eigenvalue weighted by molar-refractivity contribution is 7.86. The van der Waals surface area contributed by atoms with Crippen LogP contribution < -0.4 is 9.92 Å². The molecule has 0 saturated carbocycles. The summed E-state index contributed by atoms with van der Waals surface area (Å²) in [4.78, 5) is 10.6. The molecule has 1 rings (SSSR count). The van der Waals surface area contributed by atoms with Gasteiger partial charge in [0.25, 0.3) is 5.91 Å². The van der Waals surface area contributed by atoms with Gasteiger partial charge in [-0.25, -0.2) is 4.39 Å². The van der Waals surface area contributed by atoms with E-state index in [-0.39, 0.29) is 11.3 Å². The SMILES string of the molecule is CS(=O)(=O)Oc1ccc(C(N)=O)c(F)c1. The molecule has 82 valence electrons. The van der Waals surface area contributed by atoms with E-state index in [1.54, 1.807) is 0 Å². The first-order valence-corrected chi connectivity index (χ1v) is 5.60. The molecule has 2 N–H and O–H groups in total. The van der Waals surface area contributed by atoms with Gasteiger partial charge in [-0.1, -0.05) is 0 Å². The van der Waals surface area contributed by atoms with Crippen molar-refractivity contribution in [3.8, 4) is 5.75 Å². The number of primary amides is 1. The summed E-state index contributed by atoms with van der Waals surface area (Å²) in [6.07, 6.45) is 0.826. The first kappa shape index (κ1) is 11.4. The molecule has 0 saturated heterocycles. The second-order valence-electron chi connectivity index (χ2n) is 2.79. The molecule has 1 aromatic rings. The summed E-state index contributed by atoms with van der Waals surface area (Å²) in [5.74, 6) is -2.07. The number of carbonyl (C=O) groups excluding carboxylic acids is 1. The third-order valence-electron chi connectivity index (χ3n) is 1.45. The third kappa shape index (κ3) is 3.21. The lowest BCUT2D eigenvalue weighted by molar-refractivity contribution is 0.0996. The average molecular weight is 233 g/mol. The van der Waals surface area contributed by atoms with Gasteiger partial charge in [-0.05, 0) is 12.1 Å². The Kier molecular flexibility index (Phi) is 2.94. The highest BCUT2D eigenvalue weighted by atomic mass is 32.2. The predicted octanol–water partition coefficient (Wildman–Crippen LogP) is 0.263. The van der Waals surface area contributed by atoms with E-state index >= 15 is 0 Å². The van der Waals surface area contributed by atoms with Crippen LogP contribution in [0, 0.1) is 5.82 Å². The Morgan fingerprint density at radius 1 is 1.47 bits per heavy atom. The van der Waals surface area contributed by atoms with Crippen LogP contribution in [0.2, 0.25) is 0 Å². The smallest absolute Gasteiger partial charge is 0.306 e. The van der Waals surface area contributed by atoms with Gasteiger partial charge in [-0.2, -0.15) is 8.42 Å². The van der Waals surface area contributed by atoms with Crippen molar-refractivity contribution in [2.75, 3.05) is 6.26 Å². The van der Waals surface area contributed by atoms with Crippen molar-refractivity contribution in [2.45, 2.75) is 0 Å². The van der Waals surface area contributed by atoms with Gasteiger partial charge in [-0.3, -0.25) is 4.79 Å². The monoisotopic (exact) mass is 233 g/mol. The van der Waals surface area contributed by atoms with Gasteiger partial charge in [0, 0.05) is 6.07 Å². The molecule has 0 fully saturated rings. The first-order valence-electron chi connectivity index (χ1n) is 3.78. The van der Waals surface area contributed by atoms with E-state index < -0.39 is 21.8 Å². The van der Waals surface area contributed by atoms with Crippen LogP contribution in [-0.4, -0.2) is 20.6 Å². The lowest BCUT2D eigenvalue weighted by Crippen LogP contribution is -2.13. The maximum atomic E-state index is 13.1.